The Hall–Kier alpha value is -0.980. The molecule has 3 atom stereocenters. The summed E-state index contributed by atoms with van der Waals surface area (Å²) in [6, 6.07) is 1.10. The molecule has 1 unspecified atom stereocenters. The van der Waals surface area contributed by atoms with E-state index in [1.165, 1.54) is 24.6 Å². The summed E-state index contributed by atoms with van der Waals surface area (Å²) in [7, 11) is 0. The number of hydrogen-bond acceptors (Lipinski definition) is 5. The van der Waals surface area contributed by atoms with Gasteiger partial charge in [0.2, 0.25) is 0 Å². The van der Waals surface area contributed by atoms with Crippen LogP contribution in [0.25, 0.3) is 10.9 Å². The number of rotatable bonds is 2. The Balaban J connectivity index is 1.87. The lowest BCUT2D eigenvalue weighted by Gasteiger charge is -2.29. The van der Waals surface area contributed by atoms with Gasteiger partial charge in [0, 0.05) is 29.6 Å². The van der Waals surface area contributed by atoms with Crippen molar-refractivity contribution < 1.29 is 4.39 Å². The molecule has 2 saturated heterocycles. The summed E-state index contributed by atoms with van der Waals surface area (Å²) in [5.74, 6) is -0.215. The van der Waals surface area contributed by atoms with Crippen LogP contribution < -0.4 is 5.32 Å². The maximum Gasteiger partial charge on any atom is 0.188 e. The summed E-state index contributed by atoms with van der Waals surface area (Å²) >= 11 is 7.24. The van der Waals surface area contributed by atoms with Crippen molar-refractivity contribution in [3.63, 3.8) is 0 Å². The normalized spacial score (nSPS) is 27.5. The van der Waals surface area contributed by atoms with Crippen LogP contribution in [0.1, 0.15) is 37.3 Å². The quantitative estimate of drug-likeness (QED) is 0.515. The summed E-state index contributed by atoms with van der Waals surface area (Å²) < 4.78 is 14.3. The van der Waals surface area contributed by atoms with Crippen LogP contribution in [0.15, 0.2) is 11.4 Å². The Morgan fingerprint density at radius 1 is 1.27 bits per heavy atom. The smallest absolute Gasteiger partial charge is 0.188 e. The number of hydrogen-bond donors (Lipinski definition) is 1. The first-order valence-electron chi connectivity index (χ1n) is 7.47. The molecular weight excluding hydrogens is 323 g/mol. The van der Waals surface area contributed by atoms with E-state index in [1.54, 1.807) is 6.20 Å². The highest BCUT2D eigenvalue weighted by Gasteiger charge is 2.35. The van der Waals surface area contributed by atoms with E-state index in [4.69, 9.17) is 11.6 Å². The molecule has 2 aromatic rings. The van der Waals surface area contributed by atoms with E-state index < -0.39 is 5.82 Å². The minimum absolute atomic E-state index is 0.130. The highest BCUT2D eigenvalue weighted by molar-refractivity contribution is 7.98. The Morgan fingerprint density at radius 2 is 2.00 bits per heavy atom. The van der Waals surface area contributed by atoms with Gasteiger partial charge < -0.3 is 5.32 Å². The van der Waals surface area contributed by atoms with Gasteiger partial charge in [-0.15, -0.1) is 0 Å². The van der Waals surface area contributed by atoms with Crippen LogP contribution in [-0.4, -0.2) is 33.3 Å². The zero-order valence-corrected chi connectivity index (χ0v) is 13.7. The van der Waals surface area contributed by atoms with Gasteiger partial charge in [0.15, 0.2) is 16.1 Å². The zero-order chi connectivity index (χ0) is 15.3. The van der Waals surface area contributed by atoms with Crippen molar-refractivity contribution in [1.82, 2.24) is 20.3 Å². The Labute approximate surface area is 137 Å². The average molecular weight is 339 g/mol. The number of nitrogens with zero attached hydrogens (tertiary/aromatic N) is 3. The molecule has 4 heterocycles. The average Bonchev–Trinajstić information content (AvgIpc) is 2.88. The Morgan fingerprint density at radius 3 is 2.68 bits per heavy atom. The van der Waals surface area contributed by atoms with Crippen molar-refractivity contribution in [1.29, 1.82) is 0 Å². The Bertz CT molecular complexity index is 729. The molecule has 116 valence electrons. The lowest BCUT2D eigenvalue weighted by atomic mass is 9.88. The third kappa shape index (κ3) is 2.37. The first-order chi connectivity index (χ1) is 10.7. The van der Waals surface area contributed by atoms with E-state index in [1.807, 2.05) is 6.26 Å². The maximum atomic E-state index is 14.3. The van der Waals surface area contributed by atoms with Crippen molar-refractivity contribution in [2.75, 3.05) is 6.26 Å². The standard InChI is InChI=1S/C15H16ClFN4S/c1-22-15-20-12(7-4-8-2-3-9(5-7)19-8)10-6-18-14(16)11(17)13(10)21-15/h6-9,19H,2-5H2,1H3/t7?,8-,9+. The van der Waals surface area contributed by atoms with Crippen molar-refractivity contribution >= 4 is 34.3 Å². The third-order valence-corrected chi connectivity index (χ3v) is 5.50. The molecule has 0 saturated carbocycles. The van der Waals surface area contributed by atoms with E-state index >= 15 is 0 Å². The van der Waals surface area contributed by atoms with E-state index in [2.05, 4.69) is 20.3 Å². The van der Waals surface area contributed by atoms with Gasteiger partial charge >= 0.3 is 0 Å². The molecule has 4 rings (SSSR count). The molecule has 2 bridgehead atoms. The molecule has 2 aliphatic heterocycles. The second-order valence-corrected chi connectivity index (χ2v) is 7.16. The SMILES string of the molecule is CSc1nc(C2C[C@H]3CC[C@@H](C2)N3)c2cnc(Cl)c(F)c2n1. The fourth-order valence-corrected chi connectivity index (χ4v) is 4.23. The third-order valence-electron chi connectivity index (χ3n) is 4.69. The lowest BCUT2D eigenvalue weighted by Crippen LogP contribution is -2.37. The number of thioether (sulfide) groups is 1. The van der Waals surface area contributed by atoms with Crippen LogP contribution in [0.3, 0.4) is 0 Å². The molecular formula is C15H16ClFN4S. The highest BCUT2D eigenvalue weighted by Crippen LogP contribution is 2.39. The largest absolute Gasteiger partial charge is 0.311 e. The summed E-state index contributed by atoms with van der Waals surface area (Å²) in [4.78, 5) is 12.9. The van der Waals surface area contributed by atoms with E-state index in [0.717, 1.165) is 18.5 Å². The number of halogens is 2. The number of pyridine rings is 1. The van der Waals surface area contributed by atoms with Gasteiger partial charge in [0.25, 0.3) is 0 Å². The first kappa shape index (κ1) is 14.6. The predicted octanol–water partition coefficient (Wildman–Crippen LogP) is 3.54. The van der Waals surface area contributed by atoms with Crippen molar-refractivity contribution in [2.24, 2.45) is 0 Å². The summed E-state index contributed by atoms with van der Waals surface area (Å²) in [6.07, 6.45) is 8.04. The lowest BCUT2D eigenvalue weighted by molar-refractivity contribution is 0.359. The number of fused-ring (bicyclic) bond motifs is 3. The monoisotopic (exact) mass is 338 g/mol. The van der Waals surface area contributed by atoms with Crippen molar-refractivity contribution in [2.45, 2.75) is 48.8 Å². The van der Waals surface area contributed by atoms with Gasteiger partial charge in [-0.2, -0.15) is 0 Å². The molecule has 0 aromatic carbocycles. The Kier molecular flexibility index (Phi) is 3.71. The van der Waals surface area contributed by atoms with Gasteiger partial charge in [0.05, 0.1) is 5.69 Å². The fourth-order valence-electron chi connectivity index (χ4n) is 3.72. The fraction of sp³-hybridized carbons (Fsp3) is 0.533. The van der Waals surface area contributed by atoms with E-state index in [0.29, 0.717) is 34.1 Å². The van der Waals surface area contributed by atoms with Crippen LogP contribution in [0.2, 0.25) is 5.15 Å². The molecule has 22 heavy (non-hydrogen) atoms. The topological polar surface area (TPSA) is 50.7 Å². The number of aromatic nitrogens is 3. The zero-order valence-electron chi connectivity index (χ0n) is 12.1. The summed E-state index contributed by atoms with van der Waals surface area (Å²) in [5, 5.41) is 4.79. The molecule has 1 N–H and O–H groups in total. The second kappa shape index (κ2) is 5.58. The van der Waals surface area contributed by atoms with Crippen molar-refractivity contribution in [3.8, 4) is 0 Å². The minimum Gasteiger partial charge on any atom is -0.311 e. The molecule has 2 aromatic heterocycles. The van der Waals surface area contributed by atoms with Crippen LogP contribution in [0, 0.1) is 5.82 Å². The van der Waals surface area contributed by atoms with Crippen LogP contribution in [0.5, 0.6) is 0 Å². The van der Waals surface area contributed by atoms with E-state index in [9.17, 15) is 4.39 Å². The predicted molar refractivity (Wildman–Crippen MR) is 86.0 cm³/mol. The van der Waals surface area contributed by atoms with Gasteiger partial charge in [-0.25, -0.2) is 19.3 Å². The van der Waals surface area contributed by atoms with Crippen LogP contribution in [0.4, 0.5) is 4.39 Å². The summed E-state index contributed by atoms with van der Waals surface area (Å²) in [6.45, 7) is 0. The molecule has 0 aliphatic carbocycles. The molecule has 0 amide bonds. The summed E-state index contributed by atoms with van der Waals surface area (Å²) in [5.41, 5.74) is 1.22. The molecule has 0 spiro atoms. The minimum atomic E-state index is -0.546. The van der Waals surface area contributed by atoms with Crippen LogP contribution >= 0.6 is 23.4 Å². The van der Waals surface area contributed by atoms with Gasteiger partial charge in [-0.1, -0.05) is 23.4 Å². The number of piperidine rings is 1. The molecule has 2 fully saturated rings. The van der Waals surface area contributed by atoms with Gasteiger partial charge in [-0.3, -0.25) is 0 Å². The van der Waals surface area contributed by atoms with Crippen LogP contribution in [-0.2, 0) is 0 Å². The van der Waals surface area contributed by atoms with Crippen molar-refractivity contribution in [3.05, 3.63) is 22.9 Å². The number of nitrogens with one attached hydrogen (secondary N) is 1. The maximum absolute atomic E-state index is 14.3. The van der Waals surface area contributed by atoms with Gasteiger partial charge in [0.1, 0.15) is 5.52 Å². The molecule has 0 radical (unpaired) electrons. The molecule has 7 heteroatoms. The second-order valence-electron chi connectivity index (χ2n) is 6.03. The van der Waals surface area contributed by atoms with E-state index in [-0.39, 0.29) is 5.15 Å². The highest BCUT2D eigenvalue weighted by atomic mass is 35.5. The first-order valence-corrected chi connectivity index (χ1v) is 9.07. The molecule has 4 nitrogen and oxygen atoms in total. The molecule has 2 aliphatic rings. The van der Waals surface area contributed by atoms with Gasteiger partial charge in [-0.05, 0) is 31.9 Å².